The fourth-order valence-electron chi connectivity index (χ4n) is 3.19. The van der Waals surface area contributed by atoms with Crippen LogP contribution in [0.3, 0.4) is 0 Å². The second-order valence-corrected chi connectivity index (χ2v) is 7.32. The predicted octanol–water partition coefficient (Wildman–Crippen LogP) is 2.49. The van der Waals surface area contributed by atoms with Gasteiger partial charge in [0.25, 0.3) is 0 Å². The van der Waals surface area contributed by atoms with E-state index in [1.54, 1.807) is 31.7 Å². The van der Waals surface area contributed by atoms with Crippen LogP contribution in [0, 0.1) is 5.92 Å². The Morgan fingerprint density at radius 2 is 2.04 bits per heavy atom. The van der Waals surface area contributed by atoms with Crippen molar-refractivity contribution in [3.63, 3.8) is 0 Å². The van der Waals surface area contributed by atoms with Crippen LogP contribution in [-0.2, 0) is 19.1 Å². The molecule has 25 heavy (non-hydrogen) atoms. The van der Waals surface area contributed by atoms with Gasteiger partial charge >= 0.3 is 12.1 Å². The van der Waals surface area contributed by atoms with Gasteiger partial charge in [-0.2, -0.15) is 4.99 Å². The third-order valence-electron chi connectivity index (χ3n) is 4.24. The van der Waals surface area contributed by atoms with E-state index in [0.717, 1.165) is 12.8 Å². The predicted molar refractivity (Wildman–Crippen MR) is 92.3 cm³/mol. The summed E-state index contributed by atoms with van der Waals surface area (Å²) >= 11 is 0. The summed E-state index contributed by atoms with van der Waals surface area (Å²) in [4.78, 5) is 42.1. The smallest absolute Gasteiger partial charge is 0.433 e. The molecule has 0 aliphatic carbocycles. The lowest BCUT2D eigenvalue weighted by Crippen LogP contribution is -2.54. The van der Waals surface area contributed by atoms with Gasteiger partial charge in [-0.25, -0.2) is 9.59 Å². The van der Waals surface area contributed by atoms with Crippen molar-refractivity contribution in [3.05, 3.63) is 12.2 Å². The molecule has 3 atom stereocenters. The molecule has 2 aliphatic rings. The van der Waals surface area contributed by atoms with Crippen molar-refractivity contribution in [2.75, 3.05) is 7.11 Å². The Hall–Kier alpha value is -2.18. The number of hydrogen-bond acceptors (Lipinski definition) is 5. The van der Waals surface area contributed by atoms with Gasteiger partial charge in [-0.1, -0.05) is 12.2 Å². The molecule has 0 aromatic heterocycles. The highest BCUT2D eigenvalue weighted by Crippen LogP contribution is 2.30. The first-order valence-corrected chi connectivity index (χ1v) is 8.57. The number of hydrogen-bond donors (Lipinski definition) is 0. The monoisotopic (exact) mass is 350 g/mol. The maximum absolute atomic E-state index is 12.9. The number of aliphatic imine (C=N–C) groups is 1. The molecule has 0 radical (unpaired) electrons. The van der Waals surface area contributed by atoms with Gasteiger partial charge in [0.05, 0.1) is 13.0 Å². The molecule has 1 unspecified atom stereocenters. The van der Waals surface area contributed by atoms with E-state index in [1.807, 2.05) is 6.08 Å². The first-order chi connectivity index (χ1) is 11.7. The molecule has 7 heteroatoms. The first kappa shape index (κ1) is 19.1. The number of rotatable bonds is 2. The minimum absolute atomic E-state index is 0.0264. The largest absolute Gasteiger partial charge is 0.467 e. The Bertz CT molecular complexity index is 591. The van der Waals surface area contributed by atoms with E-state index in [1.165, 1.54) is 13.3 Å². The lowest BCUT2D eigenvalue weighted by atomic mass is 9.93. The fraction of sp³-hybridized carbons (Fsp3) is 0.667. The number of esters is 1. The number of carbonyl (C=O) groups is 3. The van der Waals surface area contributed by atoms with Crippen LogP contribution in [0.2, 0.25) is 0 Å². The Morgan fingerprint density at radius 3 is 2.68 bits per heavy atom. The van der Waals surface area contributed by atoms with Crippen LogP contribution in [0.1, 0.15) is 46.5 Å². The molecule has 2 amide bonds. The van der Waals surface area contributed by atoms with Crippen molar-refractivity contribution in [3.8, 4) is 0 Å². The molecule has 2 aliphatic heterocycles. The third kappa shape index (κ3) is 4.90. The highest BCUT2D eigenvalue weighted by Gasteiger charge is 2.41. The van der Waals surface area contributed by atoms with E-state index in [0.29, 0.717) is 12.8 Å². The van der Waals surface area contributed by atoms with Crippen LogP contribution in [0.25, 0.3) is 0 Å². The SMILES string of the molecule is COC(=O)[C@@H]1CCC[C@@H]2CC=CC(/C=N/C(=O)OC(C)(C)C)C(=O)N21. The molecule has 7 nitrogen and oxygen atoms in total. The molecule has 0 N–H and O–H groups in total. The zero-order valence-electron chi connectivity index (χ0n) is 15.2. The zero-order valence-corrected chi connectivity index (χ0v) is 15.2. The lowest BCUT2D eigenvalue weighted by Gasteiger charge is -2.40. The second-order valence-electron chi connectivity index (χ2n) is 7.32. The number of amides is 2. The minimum Gasteiger partial charge on any atom is -0.467 e. The molecule has 0 bridgehead atoms. The van der Waals surface area contributed by atoms with Gasteiger partial charge < -0.3 is 14.4 Å². The van der Waals surface area contributed by atoms with Gasteiger partial charge in [-0.15, -0.1) is 0 Å². The van der Waals surface area contributed by atoms with Gasteiger partial charge in [0, 0.05) is 12.3 Å². The normalized spacial score (nSPS) is 27.0. The van der Waals surface area contributed by atoms with Crippen LogP contribution < -0.4 is 0 Å². The van der Waals surface area contributed by atoms with Crippen molar-refractivity contribution < 1.29 is 23.9 Å². The summed E-state index contributed by atoms with van der Waals surface area (Å²) < 4.78 is 9.97. The van der Waals surface area contributed by atoms with Crippen LogP contribution in [0.5, 0.6) is 0 Å². The Balaban J connectivity index is 2.16. The van der Waals surface area contributed by atoms with Crippen molar-refractivity contribution >= 4 is 24.2 Å². The summed E-state index contributed by atoms with van der Waals surface area (Å²) in [6, 6.07) is -0.602. The highest BCUT2D eigenvalue weighted by atomic mass is 16.6. The summed E-state index contributed by atoms with van der Waals surface area (Å²) in [5, 5.41) is 0. The molecule has 0 aromatic rings. The minimum atomic E-state index is -0.738. The lowest BCUT2D eigenvalue weighted by molar-refractivity contribution is -0.157. The highest BCUT2D eigenvalue weighted by molar-refractivity contribution is 6.00. The molecule has 2 heterocycles. The van der Waals surface area contributed by atoms with Gasteiger partial charge in [-0.3, -0.25) is 4.79 Å². The van der Waals surface area contributed by atoms with Gasteiger partial charge in [0.15, 0.2) is 0 Å². The summed E-state index contributed by atoms with van der Waals surface area (Å²) in [6.45, 7) is 5.24. The number of methoxy groups -OCH3 is 1. The van der Waals surface area contributed by atoms with Crippen LogP contribution >= 0.6 is 0 Å². The standard InChI is InChI=1S/C18H26N2O5/c1-18(2,3)25-17(23)19-11-12-7-5-8-13-9-6-10-14(16(22)24-4)20(13)15(12)21/h5,7,11-14H,6,8-10H2,1-4H3/b19-11+/t12?,13-,14-/m0/s1. The quantitative estimate of drug-likeness (QED) is 0.434. The van der Waals surface area contributed by atoms with E-state index in [2.05, 4.69) is 4.99 Å². The summed E-state index contributed by atoms with van der Waals surface area (Å²) in [5.74, 6) is -1.33. The van der Waals surface area contributed by atoms with Crippen molar-refractivity contribution in [2.24, 2.45) is 10.9 Å². The summed E-state index contributed by atoms with van der Waals surface area (Å²) in [7, 11) is 1.33. The average Bonchev–Trinajstić information content (AvgIpc) is 2.69. The molecule has 138 valence electrons. The fourth-order valence-corrected chi connectivity index (χ4v) is 3.19. The number of fused-ring (bicyclic) bond motifs is 1. The topological polar surface area (TPSA) is 85.3 Å². The maximum atomic E-state index is 12.9. The molecule has 1 saturated heterocycles. The van der Waals surface area contributed by atoms with Gasteiger partial charge in [0.1, 0.15) is 11.6 Å². The van der Waals surface area contributed by atoms with E-state index in [9.17, 15) is 14.4 Å². The molecule has 0 aromatic carbocycles. The molecular formula is C18H26N2O5. The van der Waals surface area contributed by atoms with E-state index in [-0.39, 0.29) is 11.9 Å². The Morgan fingerprint density at radius 1 is 1.32 bits per heavy atom. The van der Waals surface area contributed by atoms with Crippen LogP contribution in [0.15, 0.2) is 17.1 Å². The van der Waals surface area contributed by atoms with E-state index < -0.39 is 29.6 Å². The number of ether oxygens (including phenoxy) is 2. The number of piperidine rings is 1. The number of nitrogens with zero attached hydrogens (tertiary/aromatic N) is 2. The van der Waals surface area contributed by atoms with Crippen molar-refractivity contribution in [1.82, 2.24) is 4.90 Å². The molecule has 1 fully saturated rings. The molecule has 0 spiro atoms. The molecular weight excluding hydrogens is 324 g/mol. The first-order valence-electron chi connectivity index (χ1n) is 8.57. The average molecular weight is 350 g/mol. The summed E-state index contributed by atoms with van der Waals surface area (Å²) in [6.07, 6.45) is 7.17. The Kier molecular flexibility index (Phi) is 5.98. The zero-order chi connectivity index (χ0) is 18.6. The van der Waals surface area contributed by atoms with E-state index in [4.69, 9.17) is 9.47 Å². The van der Waals surface area contributed by atoms with E-state index >= 15 is 0 Å². The summed E-state index contributed by atoms with van der Waals surface area (Å²) in [5.41, 5.74) is -0.647. The van der Waals surface area contributed by atoms with Crippen LogP contribution in [-0.4, -0.2) is 53.9 Å². The number of carbonyl (C=O) groups excluding carboxylic acids is 3. The van der Waals surface area contributed by atoms with Crippen molar-refractivity contribution in [1.29, 1.82) is 0 Å². The van der Waals surface area contributed by atoms with Gasteiger partial charge in [0.2, 0.25) is 5.91 Å². The molecule has 0 saturated carbocycles. The van der Waals surface area contributed by atoms with Gasteiger partial charge in [-0.05, 0) is 46.5 Å². The molecule has 2 rings (SSSR count). The second kappa shape index (κ2) is 7.80. The maximum Gasteiger partial charge on any atom is 0.433 e. The third-order valence-corrected chi connectivity index (χ3v) is 4.24. The van der Waals surface area contributed by atoms with Crippen molar-refractivity contribution in [2.45, 2.75) is 64.1 Å². The van der Waals surface area contributed by atoms with Crippen LogP contribution in [0.4, 0.5) is 4.79 Å². The Labute approximate surface area is 148 Å².